The van der Waals surface area contributed by atoms with E-state index in [1.165, 1.54) is 12.1 Å². The summed E-state index contributed by atoms with van der Waals surface area (Å²) in [6.07, 6.45) is 1.70. The van der Waals surface area contributed by atoms with Gasteiger partial charge in [0.25, 0.3) is 0 Å². The molecule has 0 saturated carbocycles. The Bertz CT molecular complexity index is 979. The van der Waals surface area contributed by atoms with Crippen LogP contribution in [0.4, 0.5) is 4.39 Å². The van der Waals surface area contributed by atoms with E-state index in [0.717, 1.165) is 16.8 Å². The Hall–Kier alpha value is -2.74. The molecule has 1 aliphatic heterocycles. The molecule has 4 rings (SSSR count). The van der Waals surface area contributed by atoms with E-state index in [-0.39, 0.29) is 36.3 Å². The fourth-order valence-electron chi connectivity index (χ4n) is 3.42. The fourth-order valence-corrected chi connectivity index (χ4v) is 3.42. The summed E-state index contributed by atoms with van der Waals surface area (Å²) in [5, 5.41) is 10.9. The number of halogens is 2. The van der Waals surface area contributed by atoms with Crippen molar-refractivity contribution in [3.05, 3.63) is 72.2 Å². The summed E-state index contributed by atoms with van der Waals surface area (Å²) in [5.41, 5.74) is 3.25. The summed E-state index contributed by atoms with van der Waals surface area (Å²) < 4.78 is 20.7. The van der Waals surface area contributed by atoms with Crippen molar-refractivity contribution < 1.29 is 13.9 Å². The fraction of sp³-hybridized carbons (Fsp3) is 0.273. The van der Waals surface area contributed by atoms with Crippen molar-refractivity contribution in [2.75, 3.05) is 13.2 Å². The Kier molecular flexibility index (Phi) is 7.20. The predicted molar refractivity (Wildman–Crippen MR) is 115 cm³/mol. The van der Waals surface area contributed by atoms with Gasteiger partial charge in [-0.2, -0.15) is 5.10 Å². The van der Waals surface area contributed by atoms with Crippen LogP contribution < -0.4 is 10.6 Å². The maximum Gasteiger partial charge on any atom is 0.240 e. The lowest BCUT2D eigenvalue weighted by Gasteiger charge is -2.29. The molecule has 1 amide bonds. The van der Waals surface area contributed by atoms with Crippen molar-refractivity contribution >= 4 is 18.3 Å². The molecule has 0 bridgehead atoms. The molecule has 1 fully saturated rings. The zero-order chi connectivity index (χ0) is 20.2. The second-order valence-electron chi connectivity index (χ2n) is 7.02. The number of rotatable bonds is 5. The van der Waals surface area contributed by atoms with Crippen molar-refractivity contribution in [1.29, 1.82) is 0 Å². The monoisotopic (exact) mass is 430 g/mol. The maximum atomic E-state index is 13.4. The molecule has 2 atom stereocenters. The van der Waals surface area contributed by atoms with Crippen molar-refractivity contribution in [1.82, 2.24) is 20.4 Å². The molecule has 1 saturated heterocycles. The Morgan fingerprint density at radius 1 is 1.23 bits per heavy atom. The first-order chi connectivity index (χ1) is 14.1. The van der Waals surface area contributed by atoms with Crippen LogP contribution in [-0.2, 0) is 16.1 Å². The molecule has 0 radical (unpaired) electrons. The van der Waals surface area contributed by atoms with Gasteiger partial charge in [-0.25, -0.2) is 9.07 Å². The molecule has 158 valence electrons. The minimum absolute atomic E-state index is 0. The highest BCUT2D eigenvalue weighted by Crippen LogP contribution is 2.24. The number of benzene rings is 2. The van der Waals surface area contributed by atoms with E-state index in [1.54, 1.807) is 16.8 Å². The Morgan fingerprint density at radius 2 is 1.97 bits per heavy atom. The van der Waals surface area contributed by atoms with Gasteiger partial charge in [0.15, 0.2) is 0 Å². The smallest absolute Gasteiger partial charge is 0.240 e. The maximum absolute atomic E-state index is 13.4. The zero-order valence-electron chi connectivity index (χ0n) is 16.5. The number of hydrogen-bond donors (Lipinski definition) is 2. The Balaban J connectivity index is 0.00000256. The van der Waals surface area contributed by atoms with Gasteiger partial charge in [-0.15, -0.1) is 12.4 Å². The predicted octanol–water partition coefficient (Wildman–Crippen LogP) is 3.09. The van der Waals surface area contributed by atoms with E-state index < -0.39 is 0 Å². The summed E-state index contributed by atoms with van der Waals surface area (Å²) >= 11 is 0. The van der Waals surface area contributed by atoms with Crippen LogP contribution in [0.25, 0.3) is 16.9 Å². The molecule has 30 heavy (non-hydrogen) atoms. The van der Waals surface area contributed by atoms with Gasteiger partial charge < -0.3 is 15.4 Å². The van der Waals surface area contributed by atoms with E-state index in [0.29, 0.717) is 25.4 Å². The van der Waals surface area contributed by atoms with Crippen LogP contribution in [0.3, 0.4) is 0 Å². The van der Waals surface area contributed by atoms with E-state index in [1.807, 2.05) is 43.5 Å². The van der Waals surface area contributed by atoms with Crippen molar-refractivity contribution in [3.63, 3.8) is 0 Å². The standard InChI is InChI=1S/C22H23FN4O2.ClH/c1-15-20(24-11-12-29-15)22(28)25-13-17-14-27(19-5-3-2-4-6-19)26-21(17)16-7-9-18(23)10-8-16;/h2-10,14-15,20,24H,11-13H2,1H3,(H,25,28);1H/t15-,20+;/m1./s1. The van der Waals surface area contributed by atoms with Crippen molar-refractivity contribution in [3.8, 4) is 16.9 Å². The number of aromatic nitrogens is 2. The molecular weight excluding hydrogens is 407 g/mol. The topological polar surface area (TPSA) is 68.2 Å². The van der Waals surface area contributed by atoms with Gasteiger partial charge in [0.05, 0.1) is 24.1 Å². The van der Waals surface area contributed by atoms with Gasteiger partial charge in [0.1, 0.15) is 11.9 Å². The van der Waals surface area contributed by atoms with Crippen LogP contribution in [0.15, 0.2) is 60.8 Å². The van der Waals surface area contributed by atoms with E-state index in [4.69, 9.17) is 4.74 Å². The SMILES string of the molecule is C[C@H]1OCCN[C@@H]1C(=O)NCc1cn(-c2ccccc2)nc1-c1ccc(F)cc1.Cl. The Labute approximate surface area is 180 Å². The van der Waals surface area contributed by atoms with Crippen LogP contribution >= 0.6 is 12.4 Å². The minimum atomic E-state index is -0.387. The van der Waals surface area contributed by atoms with Crippen LogP contribution in [0.2, 0.25) is 0 Å². The molecule has 2 heterocycles. The first kappa shape index (κ1) is 22.0. The molecule has 2 aromatic carbocycles. The number of amides is 1. The average Bonchev–Trinajstić information content (AvgIpc) is 3.18. The molecule has 0 aliphatic carbocycles. The van der Waals surface area contributed by atoms with Gasteiger partial charge >= 0.3 is 0 Å². The molecule has 3 aromatic rings. The van der Waals surface area contributed by atoms with Gasteiger partial charge in [0.2, 0.25) is 5.91 Å². The number of ether oxygens (including phenoxy) is 1. The first-order valence-corrected chi connectivity index (χ1v) is 9.64. The normalized spacial score (nSPS) is 18.5. The highest BCUT2D eigenvalue weighted by Gasteiger charge is 2.28. The number of hydrogen-bond acceptors (Lipinski definition) is 4. The summed E-state index contributed by atoms with van der Waals surface area (Å²) in [4.78, 5) is 12.6. The molecule has 1 aromatic heterocycles. The number of nitrogens with zero attached hydrogens (tertiary/aromatic N) is 2. The molecule has 6 nitrogen and oxygen atoms in total. The second-order valence-corrected chi connectivity index (χ2v) is 7.02. The van der Waals surface area contributed by atoms with Gasteiger partial charge in [-0.05, 0) is 43.3 Å². The third kappa shape index (κ3) is 4.87. The van der Waals surface area contributed by atoms with Crippen LogP contribution in [-0.4, -0.2) is 41.0 Å². The van der Waals surface area contributed by atoms with Crippen LogP contribution in [0, 0.1) is 5.82 Å². The molecule has 2 N–H and O–H groups in total. The lowest BCUT2D eigenvalue weighted by atomic mass is 10.1. The number of carbonyl (C=O) groups is 1. The first-order valence-electron chi connectivity index (χ1n) is 9.64. The largest absolute Gasteiger partial charge is 0.375 e. The number of carbonyl (C=O) groups excluding carboxylic acids is 1. The summed E-state index contributed by atoms with van der Waals surface area (Å²) in [7, 11) is 0. The summed E-state index contributed by atoms with van der Waals surface area (Å²) in [6, 6.07) is 15.5. The van der Waals surface area contributed by atoms with E-state index in [2.05, 4.69) is 15.7 Å². The third-order valence-corrected chi connectivity index (χ3v) is 4.98. The van der Waals surface area contributed by atoms with Crippen molar-refractivity contribution in [2.45, 2.75) is 25.6 Å². The van der Waals surface area contributed by atoms with E-state index in [9.17, 15) is 9.18 Å². The molecule has 1 aliphatic rings. The molecule has 0 unspecified atom stereocenters. The van der Waals surface area contributed by atoms with Gasteiger partial charge in [-0.3, -0.25) is 4.79 Å². The van der Waals surface area contributed by atoms with Gasteiger partial charge in [-0.1, -0.05) is 18.2 Å². The lowest BCUT2D eigenvalue weighted by Crippen LogP contribution is -2.55. The third-order valence-electron chi connectivity index (χ3n) is 4.98. The zero-order valence-corrected chi connectivity index (χ0v) is 17.4. The minimum Gasteiger partial charge on any atom is -0.375 e. The quantitative estimate of drug-likeness (QED) is 0.652. The molecule has 0 spiro atoms. The van der Waals surface area contributed by atoms with Crippen molar-refractivity contribution in [2.24, 2.45) is 0 Å². The highest BCUT2D eigenvalue weighted by atomic mass is 35.5. The van der Waals surface area contributed by atoms with Gasteiger partial charge in [0, 0.05) is 30.4 Å². The van der Waals surface area contributed by atoms with Crippen LogP contribution in [0.5, 0.6) is 0 Å². The second kappa shape index (κ2) is 9.84. The Morgan fingerprint density at radius 3 is 2.67 bits per heavy atom. The van der Waals surface area contributed by atoms with E-state index >= 15 is 0 Å². The lowest BCUT2D eigenvalue weighted by molar-refractivity contribution is -0.129. The molecular formula is C22H24ClFN4O2. The average molecular weight is 431 g/mol. The number of nitrogens with one attached hydrogen (secondary N) is 2. The molecule has 8 heteroatoms. The number of para-hydroxylation sites is 1. The van der Waals surface area contributed by atoms with Crippen LogP contribution in [0.1, 0.15) is 12.5 Å². The number of morpholine rings is 1. The summed E-state index contributed by atoms with van der Waals surface area (Å²) in [6.45, 7) is 3.44. The summed E-state index contributed by atoms with van der Waals surface area (Å²) in [5.74, 6) is -0.418. The highest BCUT2D eigenvalue weighted by molar-refractivity contribution is 5.85.